The maximum absolute atomic E-state index is 12.6. The standard InChI is InChI=1S/C27H25ClN2O5/c1-2-17(14-25(31)30-24-13-16(26(32)33)11-12-23(24)28)29-27(34)35-15-22-20-9-5-3-7-18(20)19-8-4-6-10-21(19)22/h3-13,17,22H,2,14-15H2,1H3,(H,29,34)(H,30,31)(H,32,33)/t17-/m0/s1. The van der Waals surface area contributed by atoms with Crippen molar-refractivity contribution in [3.8, 4) is 11.1 Å². The summed E-state index contributed by atoms with van der Waals surface area (Å²) in [6, 6.07) is 19.8. The first-order valence-electron chi connectivity index (χ1n) is 11.3. The van der Waals surface area contributed by atoms with E-state index >= 15 is 0 Å². The molecule has 0 fully saturated rings. The second kappa shape index (κ2) is 10.6. The quantitative estimate of drug-likeness (QED) is 0.375. The van der Waals surface area contributed by atoms with Crippen molar-refractivity contribution < 1.29 is 24.2 Å². The number of rotatable bonds is 8. The molecule has 180 valence electrons. The fraction of sp³-hybridized carbons (Fsp3) is 0.222. The molecule has 0 radical (unpaired) electrons. The van der Waals surface area contributed by atoms with Gasteiger partial charge in [0.25, 0.3) is 0 Å². The number of carboxylic acids is 1. The Labute approximate surface area is 208 Å². The summed E-state index contributed by atoms with van der Waals surface area (Å²) in [6.45, 7) is 2.03. The minimum Gasteiger partial charge on any atom is -0.478 e. The molecule has 0 saturated heterocycles. The van der Waals surface area contributed by atoms with Crippen molar-refractivity contribution >= 4 is 35.3 Å². The van der Waals surface area contributed by atoms with Crippen LogP contribution in [0.5, 0.6) is 0 Å². The molecular weight excluding hydrogens is 468 g/mol. The van der Waals surface area contributed by atoms with Crippen molar-refractivity contribution in [1.82, 2.24) is 5.32 Å². The summed E-state index contributed by atoms with van der Waals surface area (Å²) >= 11 is 6.08. The van der Waals surface area contributed by atoms with Crippen molar-refractivity contribution in [2.75, 3.05) is 11.9 Å². The summed E-state index contributed by atoms with van der Waals surface area (Å²) in [5.41, 5.74) is 4.74. The van der Waals surface area contributed by atoms with Crippen LogP contribution >= 0.6 is 11.6 Å². The first-order valence-corrected chi connectivity index (χ1v) is 11.7. The lowest BCUT2D eigenvalue weighted by Crippen LogP contribution is -2.38. The van der Waals surface area contributed by atoms with Gasteiger partial charge in [-0.3, -0.25) is 4.79 Å². The Kier molecular flexibility index (Phi) is 7.36. The van der Waals surface area contributed by atoms with Crippen LogP contribution in [0.15, 0.2) is 66.7 Å². The molecule has 35 heavy (non-hydrogen) atoms. The van der Waals surface area contributed by atoms with Gasteiger partial charge in [0, 0.05) is 18.4 Å². The van der Waals surface area contributed by atoms with E-state index in [0.717, 1.165) is 22.3 Å². The number of nitrogens with one attached hydrogen (secondary N) is 2. The number of alkyl carbamates (subject to hydrolysis) is 1. The number of carboxylic acid groups (broad SMARTS) is 1. The highest BCUT2D eigenvalue weighted by Gasteiger charge is 2.29. The molecule has 2 amide bonds. The predicted molar refractivity (Wildman–Crippen MR) is 134 cm³/mol. The zero-order valence-electron chi connectivity index (χ0n) is 19.1. The van der Waals surface area contributed by atoms with Crippen LogP contribution in [0.2, 0.25) is 5.02 Å². The van der Waals surface area contributed by atoms with Crippen LogP contribution in [-0.2, 0) is 9.53 Å². The molecule has 3 aromatic carbocycles. The molecule has 0 saturated carbocycles. The van der Waals surface area contributed by atoms with Crippen LogP contribution in [0.25, 0.3) is 11.1 Å². The van der Waals surface area contributed by atoms with Crippen molar-refractivity contribution in [3.63, 3.8) is 0 Å². The molecule has 0 aromatic heterocycles. The Balaban J connectivity index is 1.34. The average Bonchev–Trinajstić information content (AvgIpc) is 3.17. The zero-order chi connectivity index (χ0) is 24.9. The number of benzene rings is 3. The maximum Gasteiger partial charge on any atom is 0.407 e. The number of fused-ring (bicyclic) bond motifs is 3. The van der Waals surface area contributed by atoms with Gasteiger partial charge in [-0.15, -0.1) is 0 Å². The molecule has 0 aliphatic heterocycles. The van der Waals surface area contributed by atoms with Crippen molar-refractivity contribution in [2.45, 2.75) is 31.7 Å². The predicted octanol–water partition coefficient (Wildman–Crippen LogP) is 5.68. The Morgan fingerprint density at radius 2 is 1.63 bits per heavy atom. The molecule has 8 heteroatoms. The second-order valence-electron chi connectivity index (χ2n) is 8.33. The van der Waals surface area contributed by atoms with Crippen molar-refractivity contribution in [1.29, 1.82) is 0 Å². The normalized spacial score (nSPS) is 12.9. The van der Waals surface area contributed by atoms with Gasteiger partial charge in [0.15, 0.2) is 0 Å². The lowest BCUT2D eigenvalue weighted by Gasteiger charge is -2.19. The topological polar surface area (TPSA) is 105 Å². The summed E-state index contributed by atoms with van der Waals surface area (Å²) in [5, 5.41) is 14.7. The lowest BCUT2D eigenvalue weighted by molar-refractivity contribution is -0.116. The van der Waals surface area contributed by atoms with Crippen LogP contribution in [0.4, 0.5) is 10.5 Å². The van der Waals surface area contributed by atoms with E-state index in [-0.39, 0.29) is 35.2 Å². The Hall–Kier alpha value is -3.84. The molecule has 3 N–H and O–H groups in total. The minimum atomic E-state index is -1.12. The number of hydrogen-bond acceptors (Lipinski definition) is 4. The van der Waals surface area contributed by atoms with E-state index in [4.69, 9.17) is 21.4 Å². The highest BCUT2D eigenvalue weighted by Crippen LogP contribution is 2.44. The number of halogens is 1. The second-order valence-corrected chi connectivity index (χ2v) is 8.73. The lowest BCUT2D eigenvalue weighted by atomic mass is 9.98. The molecule has 1 aliphatic carbocycles. The summed E-state index contributed by atoms with van der Waals surface area (Å²) in [5.74, 6) is -1.58. The molecule has 1 aliphatic rings. The Morgan fingerprint density at radius 3 is 2.23 bits per heavy atom. The van der Waals surface area contributed by atoms with E-state index in [1.165, 1.54) is 18.2 Å². The van der Waals surface area contributed by atoms with Crippen LogP contribution in [-0.4, -0.2) is 35.7 Å². The number of aromatic carboxylic acids is 1. The highest BCUT2D eigenvalue weighted by atomic mass is 35.5. The van der Waals surface area contributed by atoms with Gasteiger partial charge in [0.2, 0.25) is 5.91 Å². The molecule has 1 atom stereocenters. The number of ether oxygens (including phenoxy) is 1. The first-order chi connectivity index (χ1) is 16.9. The van der Waals surface area contributed by atoms with Crippen molar-refractivity contribution in [2.24, 2.45) is 0 Å². The fourth-order valence-corrected chi connectivity index (χ4v) is 4.45. The van der Waals surface area contributed by atoms with Gasteiger partial charge in [-0.25, -0.2) is 9.59 Å². The van der Waals surface area contributed by atoms with Gasteiger partial charge in [-0.2, -0.15) is 0 Å². The third-order valence-corrected chi connectivity index (χ3v) is 6.41. The average molecular weight is 493 g/mol. The fourth-order valence-electron chi connectivity index (χ4n) is 4.28. The van der Waals surface area contributed by atoms with Gasteiger partial charge in [-0.05, 0) is 46.9 Å². The first kappa shape index (κ1) is 24.3. The molecular formula is C27H25ClN2O5. The molecule has 4 rings (SSSR count). The zero-order valence-corrected chi connectivity index (χ0v) is 19.8. The third-order valence-electron chi connectivity index (χ3n) is 6.08. The van der Waals surface area contributed by atoms with E-state index in [2.05, 4.69) is 22.8 Å². The van der Waals surface area contributed by atoms with E-state index in [0.29, 0.717) is 6.42 Å². The van der Waals surface area contributed by atoms with Gasteiger partial charge in [-0.1, -0.05) is 67.1 Å². The largest absolute Gasteiger partial charge is 0.478 e. The summed E-state index contributed by atoms with van der Waals surface area (Å²) < 4.78 is 5.56. The van der Waals surface area contributed by atoms with Gasteiger partial charge >= 0.3 is 12.1 Å². The molecule has 0 heterocycles. The molecule has 7 nitrogen and oxygen atoms in total. The number of amides is 2. The number of hydrogen-bond donors (Lipinski definition) is 3. The van der Waals surface area contributed by atoms with Crippen molar-refractivity contribution in [3.05, 3.63) is 88.4 Å². The van der Waals surface area contributed by atoms with Crippen LogP contribution in [0, 0.1) is 0 Å². The summed E-state index contributed by atoms with van der Waals surface area (Å²) in [6.07, 6.45) is -0.119. The van der Waals surface area contributed by atoms with Crippen LogP contribution < -0.4 is 10.6 Å². The highest BCUT2D eigenvalue weighted by molar-refractivity contribution is 6.33. The molecule has 3 aromatic rings. The van der Waals surface area contributed by atoms with Gasteiger partial charge in [0.05, 0.1) is 16.3 Å². The van der Waals surface area contributed by atoms with Gasteiger partial charge < -0.3 is 20.5 Å². The van der Waals surface area contributed by atoms with E-state index in [1.807, 2.05) is 43.3 Å². The monoisotopic (exact) mass is 492 g/mol. The number of carbonyl (C=O) groups is 3. The Bertz CT molecular complexity index is 1230. The summed E-state index contributed by atoms with van der Waals surface area (Å²) in [7, 11) is 0. The minimum absolute atomic E-state index is 0.00787. The third kappa shape index (κ3) is 5.46. The van der Waals surface area contributed by atoms with E-state index < -0.39 is 24.0 Å². The van der Waals surface area contributed by atoms with Crippen LogP contribution in [0.3, 0.4) is 0 Å². The Morgan fingerprint density at radius 1 is 1.00 bits per heavy atom. The molecule has 0 bridgehead atoms. The SMILES string of the molecule is CC[C@@H](CC(=O)Nc1cc(C(=O)O)ccc1Cl)NC(=O)OCC1c2ccccc2-c2ccccc21. The smallest absolute Gasteiger partial charge is 0.407 e. The number of anilines is 1. The molecule has 0 spiro atoms. The van der Waals surface area contributed by atoms with E-state index in [1.54, 1.807) is 0 Å². The van der Waals surface area contributed by atoms with Gasteiger partial charge in [0.1, 0.15) is 6.61 Å². The number of carbonyl (C=O) groups excluding carboxylic acids is 2. The maximum atomic E-state index is 12.6. The molecule has 0 unspecified atom stereocenters. The summed E-state index contributed by atoms with van der Waals surface area (Å²) in [4.78, 5) is 36.3. The van der Waals surface area contributed by atoms with E-state index in [9.17, 15) is 14.4 Å². The van der Waals surface area contributed by atoms with Crippen LogP contribution in [0.1, 0.15) is 47.2 Å².